The third-order valence-corrected chi connectivity index (χ3v) is 5.98. The van der Waals surface area contributed by atoms with Gasteiger partial charge in [0.25, 0.3) is 0 Å². The molecule has 0 aromatic carbocycles. The van der Waals surface area contributed by atoms with Crippen LogP contribution in [0.5, 0.6) is 0 Å². The van der Waals surface area contributed by atoms with Gasteiger partial charge in [0.1, 0.15) is 0 Å². The molecule has 0 saturated carbocycles. The van der Waals surface area contributed by atoms with Crippen LogP contribution in [0.1, 0.15) is 49.9 Å². The van der Waals surface area contributed by atoms with Crippen LogP contribution in [0.15, 0.2) is 22.5 Å². The molecule has 148 valence electrons. The highest BCUT2D eigenvalue weighted by molar-refractivity contribution is 14.0. The molecular weight excluding hydrogens is 459 g/mol. The number of nitrogens with zero attached hydrogens (tertiary/aromatic N) is 2. The number of guanidine groups is 1. The molecule has 7 heteroatoms. The summed E-state index contributed by atoms with van der Waals surface area (Å²) in [5, 5.41) is 9.04. The van der Waals surface area contributed by atoms with E-state index < -0.39 is 0 Å². The smallest absolute Gasteiger partial charge is 0.191 e. The number of hydrogen-bond donors (Lipinski definition) is 2. The Morgan fingerprint density at radius 2 is 2.19 bits per heavy atom. The summed E-state index contributed by atoms with van der Waals surface area (Å²) in [5.74, 6) is 0.932. The van der Waals surface area contributed by atoms with Crippen molar-refractivity contribution >= 4 is 41.3 Å². The van der Waals surface area contributed by atoms with Gasteiger partial charge < -0.3 is 15.4 Å². The fourth-order valence-corrected chi connectivity index (χ4v) is 4.51. The molecule has 1 aromatic rings. The van der Waals surface area contributed by atoms with Crippen molar-refractivity contribution in [2.75, 3.05) is 39.3 Å². The maximum atomic E-state index is 5.70. The molecule has 0 aliphatic carbocycles. The number of ether oxygens (including phenoxy) is 1. The van der Waals surface area contributed by atoms with Gasteiger partial charge in [0.05, 0.1) is 18.7 Å². The Hall–Kier alpha value is -0.380. The van der Waals surface area contributed by atoms with Crippen LogP contribution in [0.3, 0.4) is 0 Å². The van der Waals surface area contributed by atoms with Gasteiger partial charge >= 0.3 is 0 Å². The first kappa shape index (κ1) is 21.9. The highest BCUT2D eigenvalue weighted by Gasteiger charge is 2.24. The van der Waals surface area contributed by atoms with E-state index in [1.165, 1.54) is 43.6 Å². The van der Waals surface area contributed by atoms with Crippen molar-refractivity contribution in [1.82, 2.24) is 15.5 Å². The fraction of sp³-hybridized carbons (Fsp3) is 0.737. The third kappa shape index (κ3) is 6.65. The van der Waals surface area contributed by atoms with Crippen LogP contribution in [0.25, 0.3) is 0 Å². The van der Waals surface area contributed by atoms with E-state index in [9.17, 15) is 0 Å². The molecule has 3 heterocycles. The number of likely N-dealkylation sites (tertiary alicyclic amines) is 1. The van der Waals surface area contributed by atoms with E-state index >= 15 is 0 Å². The molecule has 2 fully saturated rings. The summed E-state index contributed by atoms with van der Waals surface area (Å²) in [6.45, 7) is 8.06. The molecule has 2 unspecified atom stereocenters. The second-order valence-electron chi connectivity index (χ2n) is 6.84. The first-order valence-corrected chi connectivity index (χ1v) is 10.7. The van der Waals surface area contributed by atoms with Gasteiger partial charge in [-0.05, 0) is 63.6 Å². The van der Waals surface area contributed by atoms with Crippen molar-refractivity contribution in [2.45, 2.75) is 51.2 Å². The summed E-state index contributed by atoms with van der Waals surface area (Å²) in [4.78, 5) is 8.92. The van der Waals surface area contributed by atoms with Gasteiger partial charge in [-0.25, -0.2) is 0 Å². The zero-order valence-electron chi connectivity index (χ0n) is 15.8. The molecule has 2 aliphatic rings. The molecule has 0 spiro atoms. The van der Waals surface area contributed by atoms with Gasteiger partial charge in [-0.2, -0.15) is 0 Å². The average molecular weight is 492 g/mol. The molecule has 5 nitrogen and oxygen atoms in total. The summed E-state index contributed by atoms with van der Waals surface area (Å²) in [7, 11) is 0. The molecule has 0 bridgehead atoms. The van der Waals surface area contributed by atoms with Gasteiger partial charge in [0.2, 0.25) is 0 Å². The monoisotopic (exact) mass is 492 g/mol. The van der Waals surface area contributed by atoms with Crippen LogP contribution in [-0.4, -0.2) is 56.3 Å². The lowest BCUT2D eigenvalue weighted by Gasteiger charge is -2.25. The predicted octanol–water partition coefficient (Wildman–Crippen LogP) is 3.63. The van der Waals surface area contributed by atoms with Crippen LogP contribution < -0.4 is 10.6 Å². The average Bonchev–Trinajstić information content (AvgIpc) is 3.38. The van der Waals surface area contributed by atoms with Crippen LogP contribution in [0.4, 0.5) is 0 Å². The Balaban J connectivity index is 0.00000243. The highest BCUT2D eigenvalue weighted by atomic mass is 127. The van der Waals surface area contributed by atoms with Gasteiger partial charge in [-0.1, -0.05) is 6.07 Å². The minimum atomic E-state index is 0. The van der Waals surface area contributed by atoms with E-state index in [0.717, 1.165) is 38.6 Å². The number of nitrogens with one attached hydrogen (secondary N) is 2. The first-order chi connectivity index (χ1) is 12.4. The summed E-state index contributed by atoms with van der Waals surface area (Å²) < 4.78 is 5.70. The quantitative estimate of drug-likeness (QED) is 0.331. The molecular formula is C19H33IN4OS. The maximum absolute atomic E-state index is 5.70. The van der Waals surface area contributed by atoms with Crippen LogP contribution in [-0.2, 0) is 4.74 Å². The summed E-state index contributed by atoms with van der Waals surface area (Å²) in [6.07, 6.45) is 6.52. The number of thiophene rings is 1. The lowest BCUT2D eigenvalue weighted by Crippen LogP contribution is -2.39. The van der Waals surface area contributed by atoms with E-state index in [1.807, 2.05) is 11.3 Å². The first-order valence-electron chi connectivity index (χ1n) is 9.78. The topological polar surface area (TPSA) is 48.9 Å². The van der Waals surface area contributed by atoms with Crippen molar-refractivity contribution < 1.29 is 4.74 Å². The molecule has 0 amide bonds. The van der Waals surface area contributed by atoms with Crippen LogP contribution >= 0.6 is 35.3 Å². The predicted molar refractivity (Wildman–Crippen MR) is 121 cm³/mol. The number of hydrogen-bond acceptors (Lipinski definition) is 4. The number of aliphatic imine (C=N–C) groups is 1. The second kappa shape index (κ2) is 12.2. The van der Waals surface area contributed by atoms with E-state index in [2.05, 4.69) is 40.0 Å². The van der Waals surface area contributed by atoms with Gasteiger partial charge in [-0.15, -0.1) is 35.3 Å². The van der Waals surface area contributed by atoms with Gasteiger partial charge in [0.15, 0.2) is 5.96 Å². The van der Waals surface area contributed by atoms with Crippen LogP contribution in [0.2, 0.25) is 0 Å². The normalized spacial score (nSPS) is 22.2. The van der Waals surface area contributed by atoms with Gasteiger partial charge in [0, 0.05) is 24.6 Å². The Morgan fingerprint density at radius 3 is 2.85 bits per heavy atom. The van der Waals surface area contributed by atoms with Crippen molar-refractivity contribution in [3.8, 4) is 0 Å². The van der Waals surface area contributed by atoms with E-state index in [4.69, 9.17) is 9.73 Å². The third-order valence-electron chi connectivity index (χ3n) is 5.00. The Morgan fingerprint density at radius 1 is 1.35 bits per heavy atom. The summed E-state index contributed by atoms with van der Waals surface area (Å²) in [6, 6.07) is 4.81. The molecule has 26 heavy (non-hydrogen) atoms. The van der Waals surface area contributed by atoms with E-state index in [-0.39, 0.29) is 24.0 Å². The Bertz CT molecular complexity index is 514. The van der Waals surface area contributed by atoms with Gasteiger partial charge in [-0.3, -0.25) is 9.89 Å². The molecule has 1 aromatic heterocycles. The molecule has 0 radical (unpaired) electrons. The summed E-state index contributed by atoms with van der Waals surface area (Å²) in [5.41, 5.74) is 0. The van der Waals surface area contributed by atoms with E-state index in [1.54, 1.807) is 0 Å². The van der Waals surface area contributed by atoms with Crippen molar-refractivity contribution in [3.05, 3.63) is 22.4 Å². The SMILES string of the molecule is CCNC(=NCC(c1cccs1)N1CCCC1)NCCC1CCCO1.I. The van der Waals surface area contributed by atoms with Crippen molar-refractivity contribution in [1.29, 1.82) is 0 Å². The maximum Gasteiger partial charge on any atom is 0.191 e. The standard InChI is InChI=1S/C19H32N4OS.HI/c1-2-20-19(21-10-9-16-7-5-13-24-16)22-15-17(18-8-6-14-25-18)23-11-3-4-12-23;/h6,8,14,16-17H,2-5,7,9-13,15H2,1H3,(H2,20,21,22);1H. The Kier molecular flexibility index (Phi) is 10.2. The zero-order valence-corrected chi connectivity index (χ0v) is 18.9. The summed E-state index contributed by atoms with van der Waals surface area (Å²) >= 11 is 1.85. The molecule has 2 atom stereocenters. The minimum Gasteiger partial charge on any atom is -0.378 e. The van der Waals surface area contributed by atoms with Crippen molar-refractivity contribution in [3.63, 3.8) is 0 Å². The van der Waals surface area contributed by atoms with Crippen LogP contribution in [0, 0.1) is 0 Å². The molecule has 2 aliphatic heterocycles. The minimum absolute atomic E-state index is 0. The fourth-order valence-electron chi connectivity index (χ4n) is 3.66. The lowest BCUT2D eigenvalue weighted by molar-refractivity contribution is 0.105. The number of halogens is 1. The molecule has 3 rings (SSSR count). The Labute approximate surface area is 179 Å². The van der Waals surface area contributed by atoms with E-state index in [0.29, 0.717) is 12.1 Å². The second-order valence-corrected chi connectivity index (χ2v) is 7.82. The van der Waals surface area contributed by atoms with Crippen molar-refractivity contribution in [2.24, 2.45) is 4.99 Å². The molecule has 2 N–H and O–H groups in total. The lowest BCUT2D eigenvalue weighted by atomic mass is 10.2. The number of rotatable bonds is 8. The largest absolute Gasteiger partial charge is 0.378 e. The highest BCUT2D eigenvalue weighted by Crippen LogP contribution is 2.28. The zero-order chi connectivity index (χ0) is 17.3. The molecule has 2 saturated heterocycles.